The van der Waals surface area contributed by atoms with Crippen LogP contribution in [0.2, 0.25) is 5.02 Å². The number of hydrogen-bond acceptors (Lipinski definition) is 5. The molecular formula is C22H23ClN4O3. The molecule has 1 heterocycles. The highest BCUT2D eigenvalue weighted by molar-refractivity contribution is 6.30. The Morgan fingerprint density at radius 1 is 1.07 bits per heavy atom. The van der Waals surface area contributed by atoms with Gasteiger partial charge in [0.05, 0.1) is 11.6 Å². The van der Waals surface area contributed by atoms with Crippen LogP contribution in [0.25, 0.3) is 0 Å². The van der Waals surface area contributed by atoms with E-state index in [4.69, 9.17) is 27.3 Å². The summed E-state index contributed by atoms with van der Waals surface area (Å²) in [6, 6.07) is 15.2. The highest BCUT2D eigenvalue weighted by Gasteiger charge is 2.32. The van der Waals surface area contributed by atoms with Crippen LogP contribution in [-0.2, 0) is 9.59 Å². The average Bonchev–Trinajstić information content (AvgIpc) is 2.75. The number of halogens is 1. The first-order valence-corrected chi connectivity index (χ1v) is 10.0. The maximum Gasteiger partial charge on any atom is 0.263 e. The molecule has 2 aromatic rings. The van der Waals surface area contributed by atoms with E-state index in [1.807, 2.05) is 11.0 Å². The SMILES string of the molecule is C[C@@H](Oc1ccc(C#N)cc1)C(=O)N1CCN([C@@H](C(N)=O)c2ccc(Cl)cc2)CC1. The molecule has 156 valence electrons. The normalized spacial score (nSPS) is 16.4. The van der Waals surface area contributed by atoms with Crippen LogP contribution in [0.15, 0.2) is 48.5 Å². The summed E-state index contributed by atoms with van der Waals surface area (Å²) in [6.07, 6.45) is -0.660. The zero-order chi connectivity index (χ0) is 21.7. The molecule has 1 fully saturated rings. The van der Waals surface area contributed by atoms with Crippen molar-refractivity contribution in [1.29, 1.82) is 5.26 Å². The predicted octanol–water partition coefficient (Wildman–Crippen LogP) is 2.35. The molecule has 0 unspecified atom stereocenters. The summed E-state index contributed by atoms with van der Waals surface area (Å²) < 4.78 is 5.72. The summed E-state index contributed by atoms with van der Waals surface area (Å²) in [5.74, 6) is -0.0271. The monoisotopic (exact) mass is 426 g/mol. The molecule has 1 saturated heterocycles. The Hall–Kier alpha value is -3.08. The van der Waals surface area contributed by atoms with Crippen LogP contribution in [0.5, 0.6) is 5.75 Å². The molecule has 0 saturated carbocycles. The number of nitrogens with zero attached hydrogens (tertiary/aromatic N) is 3. The second-order valence-corrected chi connectivity index (χ2v) is 7.55. The topological polar surface area (TPSA) is 99.7 Å². The third-order valence-corrected chi connectivity index (χ3v) is 5.34. The van der Waals surface area contributed by atoms with Crippen molar-refractivity contribution in [3.63, 3.8) is 0 Å². The minimum atomic E-state index is -0.660. The van der Waals surface area contributed by atoms with Gasteiger partial charge in [-0.2, -0.15) is 5.26 Å². The van der Waals surface area contributed by atoms with Gasteiger partial charge in [-0.3, -0.25) is 14.5 Å². The van der Waals surface area contributed by atoms with E-state index in [0.29, 0.717) is 42.5 Å². The maximum absolute atomic E-state index is 12.8. The van der Waals surface area contributed by atoms with E-state index >= 15 is 0 Å². The number of amides is 2. The molecule has 1 aliphatic rings. The van der Waals surface area contributed by atoms with Crippen LogP contribution < -0.4 is 10.5 Å². The summed E-state index contributed by atoms with van der Waals surface area (Å²) in [5.41, 5.74) is 6.96. The lowest BCUT2D eigenvalue weighted by atomic mass is 10.0. The second kappa shape index (κ2) is 9.61. The highest BCUT2D eigenvalue weighted by atomic mass is 35.5. The molecule has 30 heavy (non-hydrogen) atoms. The van der Waals surface area contributed by atoms with Crippen molar-refractivity contribution in [2.24, 2.45) is 5.73 Å². The fourth-order valence-corrected chi connectivity index (χ4v) is 3.65. The van der Waals surface area contributed by atoms with Gasteiger partial charge in [0.1, 0.15) is 11.8 Å². The van der Waals surface area contributed by atoms with Crippen molar-refractivity contribution in [2.45, 2.75) is 19.1 Å². The molecule has 2 N–H and O–H groups in total. The molecular weight excluding hydrogens is 404 g/mol. The zero-order valence-electron chi connectivity index (χ0n) is 16.6. The summed E-state index contributed by atoms with van der Waals surface area (Å²) >= 11 is 5.94. The Morgan fingerprint density at radius 2 is 1.67 bits per heavy atom. The first-order chi connectivity index (χ1) is 14.4. The number of piperazine rings is 1. The number of hydrogen-bond donors (Lipinski definition) is 1. The van der Waals surface area contributed by atoms with Crippen molar-refractivity contribution in [3.05, 3.63) is 64.7 Å². The molecule has 8 heteroatoms. The van der Waals surface area contributed by atoms with Crippen LogP contribution in [0, 0.1) is 11.3 Å². The van der Waals surface area contributed by atoms with Crippen molar-refractivity contribution >= 4 is 23.4 Å². The van der Waals surface area contributed by atoms with E-state index in [9.17, 15) is 9.59 Å². The van der Waals surface area contributed by atoms with E-state index in [0.717, 1.165) is 5.56 Å². The number of ether oxygens (including phenoxy) is 1. The fourth-order valence-electron chi connectivity index (χ4n) is 3.52. The molecule has 1 aliphatic heterocycles. The predicted molar refractivity (Wildman–Crippen MR) is 113 cm³/mol. The van der Waals surface area contributed by atoms with Crippen LogP contribution in [0.3, 0.4) is 0 Å². The number of nitriles is 1. The lowest BCUT2D eigenvalue weighted by Gasteiger charge is -2.39. The molecule has 0 aromatic heterocycles. The average molecular weight is 427 g/mol. The number of nitrogens with two attached hydrogens (primary N) is 1. The highest BCUT2D eigenvalue weighted by Crippen LogP contribution is 2.24. The number of rotatable bonds is 6. The minimum Gasteiger partial charge on any atom is -0.481 e. The van der Waals surface area contributed by atoms with Gasteiger partial charge in [0.2, 0.25) is 5.91 Å². The largest absolute Gasteiger partial charge is 0.481 e. The van der Waals surface area contributed by atoms with E-state index in [-0.39, 0.29) is 5.91 Å². The van der Waals surface area contributed by atoms with Gasteiger partial charge >= 0.3 is 0 Å². The smallest absolute Gasteiger partial charge is 0.263 e. The Balaban J connectivity index is 1.59. The van der Waals surface area contributed by atoms with Crippen LogP contribution in [0.1, 0.15) is 24.1 Å². The third kappa shape index (κ3) is 5.09. The summed E-state index contributed by atoms with van der Waals surface area (Å²) in [5, 5.41) is 9.45. The molecule has 3 rings (SSSR count). The van der Waals surface area contributed by atoms with E-state index in [2.05, 4.69) is 0 Å². The zero-order valence-corrected chi connectivity index (χ0v) is 17.4. The van der Waals surface area contributed by atoms with Gasteiger partial charge in [0.15, 0.2) is 6.10 Å². The second-order valence-electron chi connectivity index (χ2n) is 7.11. The number of carbonyl (C=O) groups excluding carboxylic acids is 2. The lowest BCUT2D eigenvalue weighted by Crippen LogP contribution is -2.54. The molecule has 7 nitrogen and oxygen atoms in total. The van der Waals surface area contributed by atoms with Gasteiger partial charge < -0.3 is 15.4 Å². The van der Waals surface area contributed by atoms with Gasteiger partial charge in [0, 0.05) is 31.2 Å². The fraction of sp³-hybridized carbons (Fsp3) is 0.318. The Bertz CT molecular complexity index is 932. The van der Waals surface area contributed by atoms with Crippen molar-refractivity contribution in [2.75, 3.05) is 26.2 Å². The first kappa shape index (κ1) is 21.6. The molecule has 0 radical (unpaired) electrons. The first-order valence-electron chi connectivity index (χ1n) is 9.63. The third-order valence-electron chi connectivity index (χ3n) is 5.09. The van der Waals surface area contributed by atoms with Gasteiger partial charge in [-0.05, 0) is 48.9 Å². The quantitative estimate of drug-likeness (QED) is 0.764. The van der Waals surface area contributed by atoms with Crippen molar-refractivity contribution in [1.82, 2.24) is 9.80 Å². The maximum atomic E-state index is 12.8. The molecule has 0 bridgehead atoms. The van der Waals surface area contributed by atoms with E-state index < -0.39 is 18.1 Å². The molecule has 2 aromatic carbocycles. The van der Waals surface area contributed by atoms with Crippen molar-refractivity contribution < 1.29 is 14.3 Å². The van der Waals surface area contributed by atoms with Crippen LogP contribution in [-0.4, -0.2) is 53.9 Å². The van der Waals surface area contributed by atoms with Crippen molar-refractivity contribution in [3.8, 4) is 11.8 Å². The van der Waals surface area contributed by atoms with E-state index in [1.54, 1.807) is 60.4 Å². The Kier molecular flexibility index (Phi) is 6.93. The number of primary amides is 1. The van der Waals surface area contributed by atoms with Gasteiger partial charge in [-0.15, -0.1) is 0 Å². The molecule has 2 amide bonds. The van der Waals surface area contributed by atoms with Crippen LogP contribution >= 0.6 is 11.6 Å². The van der Waals surface area contributed by atoms with Gasteiger partial charge in [-0.25, -0.2) is 0 Å². The summed E-state index contributed by atoms with van der Waals surface area (Å²) in [7, 11) is 0. The standard InChI is InChI=1S/C22H23ClN4O3/c1-15(30-19-8-2-16(14-24)3-9-19)22(29)27-12-10-26(11-13-27)20(21(25)28)17-4-6-18(23)7-5-17/h2-9,15,20H,10-13H2,1H3,(H2,25,28)/t15-,20-/m1/s1. The molecule has 0 aliphatic carbocycles. The van der Waals surface area contributed by atoms with Gasteiger partial charge in [0.25, 0.3) is 5.91 Å². The lowest BCUT2D eigenvalue weighted by molar-refractivity contribution is -0.140. The minimum absolute atomic E-state index is 0.124. The number of carbonyl (C=O) groups is 2. The summed E-state index contributed by atoms with van der Waals surface area (Å²) in [6.45, 7) is 3.68. The molecule has 2 atom stereocenters. The van der Waals surface area contributed by atoms with E-state index in [1.165, 1.54) is 0 Å². The van der Waals surface area contributed by atoms with Crippen LogP contribution in [0.4, 0.5) is 0 Å². The molecule has 0 spiro atoms. The number of benzene rings is 2. The van der Waals surface area contributed by atoms with Gasteiger partial charge in [-0.1, -0.05) is 23.7 Å². The Labute approximate surface area is 180 Å². The Morgan fingerprint density at radius 3 is 2.20 bits per heavy atom. The summed E-state index contributed by atoms with van der Waals surface area (Å²) in [4.78, 5) is 28.6.